The van der Waals surface area contributed by atoms with E-state index < -0.39 is 11.6 Å². The topological polar surface area (TPSA) is 107 Å². The number of imidazole rings is 1. The summed E-state index contributed by atoms with van der Waals surface area (Å²) in [7, 11) is 1.28. The molecule has 1 atom stereocenters. The van der Waals surface area contributed by atoms with Crippen molar-refractivity contribution in [1.82, 2.24) is 19.7 Å². The molecule has 2 heterocycles. The first-order valence-electron chi connectivity index (χ1n) is 11.6. The first-order chi connectivity index (χ1) is 17.4. The van der Waals surface area contributed by atoms with E-state index in [9.17, 15) is 13.6 Å². The fraction of sp³-hybridized carbons (Fsp3) is 0.269. The van der Waals surface area contributed by atoms with E-state index in [1.54, 1.807) is 28.9 Å². The summed E-state index contributed by atoms with van der Waals surface area (Å²) in [6.07, 6.45) is 5.97. The summed E-state index contributed by atoms with van der Waals surface area (Å²) >= 11 is 0. The smallest absolute Gasteiger partial charge is 0.251 e. The van der Waals surface area contributed by atoms with Gasteiger partial charge < -0.3 is 21.1 Å². The number of rotatable bonds is 9. The average Bonchev–Trinajstić information content (AvgIpc) is 3.30. The van der Waals surface area contributed by atoms with E-state index in [1.807, 2.05) is 19.9 Å². The van der Waals surface area contributed by atoms with Crippen molar-refractivity contribution in [2.24, 2.45) is 5.73 Å². The number of amides is 1. The summed E-state index contributed by atoms with van der Waals surface area (Å²) in [6.45, 7) is 4.39. The number of fused-ring (bicyclic) bond motifs is 1. The quantitative estimate of drug-likeness (QED) is 0.285. The van der Waals surface area contributed by atoms with Crippen molar-refractivity contribution < 1.29 is 18.3 Å². The number of carbonyl (C=O) groups excluding carboxylic acids is 1. The van der Waals surface area contributed by atoms with Crippen LogP contribution in [0.2, 0.25) is 0 Å². The van der Waals surface area contributed by atoms with Crippen LogP contribution in [0, 0.1) is 11.6 Å². The lowest BCUT2D eigenvalue weighted by atomic mass is 10.0. The Labute approximate surface area is 219 Å². The molecular formula is C26H29ClF2N6O2. The van der Waals surface area contributed by atoms with Gasteiger partial charge in [0, 0.05) is 35.2 Å². The predicted octanol–water partition coefficient (Wildman–Crippen LogP) is 4.88. The molecule has 37 heavy (non-hydrogen) atoms. The van der Waals surface area contributed by atoms with Crippen LogP contribution in [0.25, 0.3) is 16.9 Å². The molecule has 0 spiro atoms. The van der Waals surface area contributed by atoms with E-state index in [-0.39, 0.29) is 35.7 Å². The third-order valence-corrected chi connectivity index (χ3v) is 5.94. The maximum atomic E-state index is 14.7. The number of methoxy groups -OCH3 is 1. The summed E-state index contributed by atoms with van der Waals surface area (Å²) in [6, 6.07) is 8.23. The van der Waals surface area contributed by atoms with E-state index in [1.165, 1.54) is 25.4 Å². The molecule has 2 aromatic carbocycles. The highest BCUT2D eigenvalue weighted by Gasteiger charge is 2.19. The molecule has 0 saturated heterocycles. The van der Waals surface area contributed by atoms with Gasteiger partial charge in [0.2, 0.25) is 5.82 Å². The van der Waals surface area contributed by atoms with Gasteiger partial charge >= 0.3 is 0 Å². The number of carbonyl (C=O) groups is 1. The van der Waals surface area contributed by atoms with Crippen LogP contribution < -0.4 is 21.1 Å². The van der Waals surface area contributed by atoms with Gasteiger partial charge in [-0.1, -0.05) is 6.92 Å². The first-order valence-corrected chi connectivity index (χ1v) is 11.6. The Morgan fingerprint density at radius 1 is 1.19 bits per heavy atom. The number of nitrogens with one attached hydrogen (secondary N) is 2. The summed E-state index contributed by atoms with van der Waals surface area (Å²) in [5.41, 5.74) is 8.59. The molecule has 196 valence electrons. The average molecular weight is 531 g/mol. The molecule has 4 N–H and O–H groups in total. The van der Waals surface area contributed by atoms with Crippen LogP contribution in [0.3, 0.4) is 0 Å². The van der Waals surface area contributed by atoms with Crippen LogP contribution in [-0.2, 0) is 6.42 Å². The maximum Gasteiger partial charge on any atom is 0.251 e. The molecule has 0 fully saturated rings. The Bertz CT molecular complexity index is 1410. The zero-order valence-electron chi connectivity index (χ0n) is 20.7. The lowest BCUT2D eigenvalue weighted by molar-refractivity contribution is 0.0938. The lowest BCUT2D eigenvalue weighted by Gasteiger charge is -2.16. The number of aryl methyl sites for hydroxylation is 1. The number of hydrogen-bond donors (Lipinski definition) is 3. The minimum Gasteiger partial charge on any atom is -0.494 e. The maximum absolute atomic E-state index is 14.7. The zero-order valence-corrected chi connectivity index (χ0v) is 21.5. The van der Waals surface area contributed by atoms with Crippen LogP contribution >= 0.6 is 12.4 Å². The SMILES string of the molecule is CCc1cc(Nc2nccn3c(-c4ccc(OC)c(F)c4F)cnc23)ccc1C(=O)N[C@@H](C)CCN.Cl. The summed E-state index contributed by atoms with van der Waals surface area (Å²) in [5, 5.41) is 6.20. The third kappa shape index (κ3) is 5.65. The van der Waals surface area contributed by atoms with Gasteiger partial charge in [0.1, 0.15) is 0 Å². The summed E-state index contributed by atoms with van der Waals surface area (Å²) < 4.78 is 35.5. The number of benzene rings is 2. The second-order valence-corrected chi connectivity index (χ2v) is 8.36. The summed E-state index contributed by atoms with van der Waals surface area (Å²) in [4.78, 5) is 21.5. The number of nitrogens with two attached hydrogens (primary N) is 1. The van der Waals surface area contributed by atoms with Gasteiger partial charge in [-0.25, -0.2) is 14.4 Å². The van der Waals surface area contributed by atoms with Gasteiger partial charge in [-0.2, -0.15) is 4.39 Å². The second kappa shape index (κ2) is 12.0. The third-order valence-electron chi connectivity index (χ3n) is 5.94. The molecule has 0 saturated carbocycles. The second-order valence-electron chi connectivity index (χ2n) is 8.36. The molecular weight excluding hydrogens is 502 g/mol. The molecule has 0 aliphatic heterocycles. The van der Waals surface area contributed by atoms with Gasteiger partial charge in [-0.05, 0) is 62.2 Å². The van der Waals surface area contributed by atoms with Crippen molar-refractivity contribution in [1.29, 1.82) is 0 Å². The van der Waals surface area contributed by atoms with Gasteiger partial charge in [-0.3, -0.25) is 9.20 Å². The van der Waals surface area contributed by atoms with E-state index in [4.69, 9.17) is 10.5 Å². The number of nitrogens with zero attached hydrogens (tertiary/aromatic N) is 3. The number of ether oxygens (including phenoxy) is 1. The van der Waals surface area contributed by atoms with Crippen molar-refractivity contribution in [3.8, 4) is 17.0 Å². The Hall–Kier alpha value is -3.76. The number of halogens is 3. The molecule has 8 nitrogen and oxygen atoms in total. The van der Waals surface area contributed by atoms with Crippen molar-refractivity contribution in [2.45, 2.75) is 32.7 Å². The molecule has 0 unspecified atom stereocenters. The minimum atomic E-state index is -1.06. The molecule has 4 rings (SSSR count). The van der Waals surface area contributed by atoms with Crippen LogP contribution in [0.4, 0.5) is 20.3 Å². The molecule has 0 aliphatic carbocycles. The van der Waals surface area contributed by atoms with Gasteiger partial charge in [0.25, 0.3) is 5.91 Å². The highest BCUT2D eigenvalue weighted by Crippen LogP contribution is 2.31. The number of aromatic nitrogens is 3. The van der Waals surface area contributed by atoms with Crippen LogP contribution in [-0.4, -0.2) is 40.0 Å². The molecule has 11 heteroatoms. The van der Waals surface area contributed by atoms with Crippen LogP contribution in [0.5, 0.6) is 5.75 Å². The fourth-order valence-electron chi connectivity index (χ4n) is 4.04. The van der Waals surface area contributed by atoms with E-state index in [0.29, 0.717) is 47.8 Å². The lowest BCUT2D eigenvalue weighted by Crippen LogP contribution is -2.34. The Kier molecular flexibility index (Phi) is 9.01. The Morgan fingerprint density at radius 2 is 1.97 bits per heavy atom. The van der Waals surface area contributed by atoms with Gasteiger partial charge in [0.15, 0.2) is 23.0 Å². The monoisotopic (exact) mass is 530 g/mol. The first kappa shape index (κ1) is 27.8. The van der Waals surface area contributed by atoms with Crippen molar-refractivity contribution in [3.05, 3.63) is 71.7 Å². The van der Waals surface area contributed by atoms with Gasteiger partial charge in [-0.15, -0.1) is 12.4 Å². The molecule has 4 aromatic rings. The largest absolute Gasteiger partial charge is 0.494 e. The highest BCUT2D eigenvalue weighted by molar-refractivity contribution is 5.96. The minimum absolute atomic E-state index is 0. The fourth-order valence-corrected chi connectivity index (χ4v) is 4.04. The molecule has 0 aliphatic rings. The Morgan fingerprint density at radius 3 is 2.68 bits per heavy atom. The van der Waals surface area contributed by atoms with E-state index >= 15 is 0 Å². The molecule has 0 radical (unpaired) electrons. The number of hydrogen-bond acceptors (Lipinski definition) is 6. The number of anilines is 2. The van der Waals surface area contributed by atoms with Gasteiger partial charge in [0.05, 0.1) is 19.0 Å². The van der Waals surface area contributed by atoms with Crippen molar-refractivity contribution in [3.63, 3.8) is 0 Å². The molecule has 2 aromatic heterocycles. The van der Waals surface area contributed by atoms with Crippen molar-refractivity contribution in [2.75, 3.05) is 19.0 Å². The highest BCUT2D eigenvalue weighted by atomic mass is 35.5. The normalized spacial score (nSPS) is 11.6. The van der Waals surface area contributed by atoms with Crippen molar-refractivity contribution >= 4 is 35.5 Å². The predicted molar refractivity (Wildman–Crippen MR) is 142 cm³/mol. The summed E-state index contributed by atoms with van der Waals surface area (Å²) in [5.74, 6) is -1.98. The standard InChI is InChI=1S/C26H28F2N6O2.ClH/c1-4-16-13-17(5-6-18(16)26(35)32-15(2)9-10-29)33-24-25-31-14-20(34(25)12-11-30-24)19-7-8-21(36-3)23(28)22(19)27;/h5-8,11-15H,4,9-10,29H2,1-3H3,(H,30,33)(H,32,35);1H/t15-;/m0./s1. The van der Waals surface area contributed by atoms with Crippen LogP contribution in [0.1, 0.15) is 36.2 Å². The molecule has 0 bridgehead atoms. The zero-order chi connectivity index (χ0) is 25.8. The Balaban J connectivity index is 0.00000380. The van der Waals surface area contributed by atoms with E-state index in [0.717, 1.165) is 5.56 Å². The molecule has 1 amide bonds. The van der Waals surface area contributed by atoms with Crippen LogP contribution in [0.15, 0.2) is 48.9 Å². The van der Waals surface area contributed by atoms with E-state index in [2.05, 4.69) is 20.6 Å².